The largest absolute Gasteiger partial charge is 0.392 e. The highest BCUT2D eigenvalue weighted by Crippen LogP contribution is 2.45. The van der Waals surface area contributed by atoms with Crippen LogP contribution >= 0.6 is 24.0 Å². The molecule has 0 aliphatic heterocycles. The molecule has 3 nitrogen and oxygen atoms in total. The maximum Gasteiger partial charge on any atom is 0.233 e. The van der Waals surface area contributed by atoms with Gasteiger partial charge in [0.15, 0.2) is 0 Å². The molecule has 1 fully saturated rings. The predicted octanol–water partition coefficient (Wildman–Crippen LogP) is 1.80. The summed E-state index contributed by atoms with van der Waals surface area (Å²) in [5.74, 6) is 2.10. The first-order valence-corrected chi connectivity index (χ1v) is 7.79. The summed E-state index contributed by atoms with van der Waals surface area (Å²) in [6.45, 7) is 4.96. The zero-order chi connectivity index (χ0) is 13.1. The van der Waals surface area contributed by atoms with Gasteiger partial charge in [-0.3, -0.25) is 4.79 Å². The van der Waals surface area contributed by atoms with Crippen molar-refractivity contribution in [2.24, 2.45) is 23.0 Å². The fourth-order valence-corrected chi connectivity index (χ4v) is 3.35. The van der Waals surface area contributed by atoms with Crippen molar-refractivity contribution in [3.63, 3.8) is 0 Å². The average molecular weight is 274 g/mol. The van der Waals surface area contributed by atoms with E-state index < -0.39 is 5.41 Å². The molecule has 0 heterocycles. The third kappa shape index (κ3) is 3.35. The van der Waals surface area contributed by atoms with Crippen molar-refractivity contribution >= 4 is 34.9 Å². The molecule has 0 radical (unpaired) electrons. The van der Waals surface area contributed by atoms with E-state index in [0.29, 0.717) is 23.4 Å². The molecule has 0 spiro atoms. The Morgan fingerprint density at radius 2 is 2.24 bits per heavy atom. The van der Waals surface area contributed by atoms with Crippen LogP contribution in [0.4, 0.5) is 0 Å². The molecule has 1 saturated carbocycles. The van der Waals surface area contributed by atoms with Crippen molar-refractivity contribution in [3.05, 3.63) is 0 Å². The van der Waals surface area contributed by atoms with Gasteiger partial charge in [0.25, 0.3) is 0 Å². The standard InChI is InChI=1S/C12H22N2OS2/c1-8-4-12(5-8,10(13)16)11(15)14-6-9(2)7-17-3/h8-9H,4-7H2,1-3H3,(H2,13,16)(H,14,15). The molecule has 5 heteroatoms. The summed E-state index contributed by atoms with van der Waals surface area (Å²) >= 11 is 6.85. The fourth-order valence-electron chi connectivity index (χ4n) is 2.41. The van der Waals surface area contributed by atoms with Crippen LogP contribution in [0.5, 0.6) is 0 Å². The van der Waals surface area contributed by atoms with Crippen LogP contribution in [-0.2, 0) is 4.79 Å². The van der Waals surface area contributed by atoms with Crippen molar-refractivity contribution in [1.82, 2.24) is 5.32 Å². The first kappa shape index (κ1) is 14.8. The summed E-state index contributed by atoms with van der Waals surface area (Å²) in [5, 5.41) is 2.99. The lowest BCUT2D eigenvalue weighted by Crippen LogP contribution is -2.56. The number of carbonyl (C=O) groups excluding carboxylic acids is 1. The van der Waals surface area contributed by atoms with Crippen LogP contribution in [0.3, 0.4) is 0 Å². The average Bonchev–Trinajstić information content (AvgIpc) is 2.21. The van der Waals surface area contributed by atoms with Crippen LogP contribution in [0.2, 0.25) is 0 Å². The minimum atomic E-state index is -0.562. The Kier molecular flexibility index (Phi) is 5.25. The van der Waals surface area contributed by atoms with Gasteiger partial charge in [0.2, 0.25) is 5.91 Å². The Labute approximate surface area is 113 Å². The molecule has 3 N–H and O–H groups in total. The zero-order valence-corrected chi connectivity index (χ0v) is 12.4. The Hall–Kier alpha value is -0.290. The zero-order valence-electron chi connectivity index (χ0n) is 10.8. The molecule has 0 bridgehead atoms. The lowest BCUT2D eigenvalue weighted by atomic mass is 9.62. The van der Waals surface area contributed by atoms with Gasteiger partial charge in [0.1, 0.15) is 0 Å². The van der Waals surface area contributed by atoms with Gasteiger partial charge in [-0.1, -0.05) is 26.1 Å². The number of hydrogen-bond acceptors (Lipinski definition) is 3. The number of carbonyl (C=O) groups is 1. The molecule has 0 aromatic heterocycles. The van der Waals surface area contributed by atoms with Gasteiger partial charge in [-0.2, -0.15) is 11.8 Å². The third-order valence-electron chi connectivity index (χ3n) is 3.36. The van der Waals surface area contributed by atoms with Crippen molar-refractivity contribution < 1.29 is 4.79 Å². The molecule has 0 aromatic rings. The number of rotatable bonds is 6. The van der Waals surface area contributed by atoms with Crippen LogP contribution in [0.25, 0.3) is 0 Å². The highest BCUT2D eigenvalue weighted by Gasteiger charge is 2.50. The van der Waals surface area contributed by atoms with Crippen LogP contribution in [0, 0.1) is 17.3 Å². The maximum atomic E-state index is 12.2. The van der Waals surface area contributed by atoms with Gasteiger partial charge in [-0.05, 0) is 36.7 Å². The van der Waals surface area contributed by atoms with Gasteiger partial charge in [0.05, 0.1) is 10.4 Å². The second-order valence-electron chi connectivity index (χ2n) is 5.23. The quantitative estimate of drug-likeness (QED) is 0.725. The van der Waals surface area contributed by atoms with Crippen molar-refractivity contribution in [2.45, 2.75) is 26.7 Å². The Bertz CT molecular complexity index is 301. The monoisotopic (exact) mass is 274 g/mol. The van der Waals surface area contributed by atoms with Crippen LogP contribution in [0.1, 0.15) is 26.7 Å². The van der Waals surface area contributed by atoms with Gasteiger partial charge >= 0.3 is 0 Å². The number of nitrogens with one attached hydrogen (secondary N) is 1. The van der Waals surface area contributed by atoms with Crippen molar-refractivity contribution in [1.29, 1.82) is 0 Å². The molecular weight excluding hydrogens is 252 g/mol. The van der Waals surface area contributed by atoms with Gasteiger partial charge in [-0.15, -0.1) is 0 Å². The molecule has 1 rings (SSSR count). The van der Waals surface area contributed by atoms with Crippen molar-refractivity contribution in [2.75, 3.05) is 18.6 Å². The van der Waals surface area contributed by atoms with E-state index in [1.165, 1.54) is 0 Å². The SMILES string of the molecule is CSCC(C)CNC(=O)C1(C(N)=S)CC(C)C1. The van der Waals surface area contributed by atoms with Crippen LogP contribution < -0.4 is 11.1 Å². The molecule has 0 saturated heterocycles. The Morgan fingerprint density at radius 1 is 1.65 bits per heavy atom. The molecule has 17 heavy (non-hydrogen) atoms. The summed E-state index contributed by atoms with van der Waals surface area (Å²) in [7, 11) is 0. The van der Waals surface area contributed by atoms with Gasteiger partial charge in [0, 0.05) is 6.54 Å². The molecule has 1 unspecified atom stereocenters. The number of hydrogen-bond donors (Lipinski definition) is 2. The van der Waals surface area contributed by atoms with Gasteiger partial charge in [-0.25, -0.2) is 0 Å². The lowest BCUT2D eigenvalue weighted by Gasteiger charge is -2.44. The minimum Gasteiger partial charge on any atom is -0.392 e. The summed E-state index contributed by atoms with van der Waals surface area (Å²) < 4.78 is 0. The lowest BCUT2D eigenvalue weighted by molar-refractivity contribution is -0.133. The number of thioether (sulfide) groups is 1. The second-order valence-corrected chi connectivity index (χ2v) is 6.58. The molecule has 98 valence electrons. The van der Waals surface area contributed by atoms with Gasteiger partial charge < -0.3 is 11.1 Å². The highest BCUT2D eigenvalue weighted by atomic mass is 32.2. The minimum absolute atomic E-state index is 0.0241. The second kappa shape index (κ2) is 6.05. The number of thiocarbonyl (C=S) groups is 1. The first-order chi connectivity index (χ1) is 7.92. The number of nitrogens with two attached hydrogens (primary N) is 1. The van der Waals surface area contributed by atoms with Crippen LogP contribution in [0.15, 0.2) is 0 Å². The van der Waals surface area contributed by atoms with Crippen LogP contribution in [-0.4, -0.2) is 29.4 Å². The Balaban J connectivity index is 2.48. The molecule has 0 aromatic carbocycles. The van der Waals surface area contributed by atoms with E-state index in [1.54, 1.807) is 11.8 Å². The van der Waals surface area contributed by atoms with E-state index in [1.807, 2.05) is 0 Å². The molecule has 1 amide bonds. The maximum absolute atomic E-state index is 12.2. The van der Waals surface area contributed by atoms with E-state index in [0.717, 1.165) is 18.6 Å². The van der Waals surface area contributed by atoms with E-state index in [4.69, 9.17) is 18.0 Å². The molecular formula is C12H22N2OS2. The number of amides is 1. The highest BCUT2D eigenvalue weighted by molar-refractivity contribution is 7.98. The summed E-state index contributed by atoms with van der Waals surface area (Å²) in [6.07, 6.45) is 3.67. The normalized spacial score (nSPS) is 29.2. The van der Waals surface area contributed by atoms with Crippen molar-refractivity contribution in [3.8, 4) is 0 Å². The van der Waals surface area contributed by atoms with E-state index in [9.17, 15) is 4.79 Å². The summed E-state index contributed by atoms with van der Waals surface area (Å²) in [4.78, 5) is 12.5. The smallest absolute Gasteiger partial charge is 0.233 e. The van der Waals surface area contributed by atoms with E-state index >= 15 is 0 Å². The first-order valence-electron chi connectivity index (χ1n) is 5.99. The predicted molar refractivity (Wildman–Crippen MR) is 78.2 cm³/mol. The molecule has 1 aliphatic rings. The fraction of sp³-hybridized carbons (Fsp3) is 0.833. The topological polar surface area (TPSA) is 55.1 Å². The third-order valence-corrected chi connectivity index (χ3v) is 4.66. The summed E-state index contributed by atoms with van der Waals surface area (Å²) in [6, 6.07) is 0. The molecule has 1 aliphatic carbocycles. The Morgan fingerprint density at radius 3 is 2.65 bits per heavy atom. The van der Waals surface area contributed by atoms with E-state index in [-0.39, 0.29) is 5.91 Å². The molecule has 1 atom stereocenters. The summed E-state index contributed by atoms with van der Waals surface area (Å²) in [5.41, 5.74) is 5.17. The van der Waals surface area contributed by atoms with E-state index in [2.05, 4.69) is 25.4 Å².